The number of halogens is 1. The van der Waals surface area contributed by atoms with Crippen LogP contribution in [0.4, 0.5) is 4.79 Å². The number of amides is 1. The summed E-state index contributed by atoms with van der Waals surface area (Å²) >= 11 is 5.53. The predicted molar refractivity (Wildman–Crippen MR) is 64.3 cm³/mol. The Morgan fingerprint density at radius 1 is 1.41 bits per heavy atom. The third-order valence-corrected chi connectivity index (χ3v) is 2.04. The minimum absolute atomic E-state index is 0.291. The molecule has 0 atom stereocenters. The second-order valence-corrected chi connectivity index (χ2v) is 3.34. The smallest absolute Gasteiger partial charge is 0.412 e. The molecule has 0 radical (unpaired) electrons. The van der Waals surface area contributed by atoms with E-state index in [1.54, 1.807) is 18.2 Å². The average Bonchev–Trinajstić information content (AvgIpc) is 2.36. The van der Waals surface area contributed by atoms with Crippen LogP contribution >= 0.6 is 11.6 Å². The van der Waals surface area contributed by atoms with E-state index in [2.05, 4.69) is 5.32 Å². The number of rotatable bonds is 5. The van der Waals surface area contributed by atoms with E-state index in [0.717, 1.165) is 0 Å². The minimum Gasteiger partial charge on any atom is -0.490 e. The molecule has 1 N–H and O–H groups in total. The zero-order chi connectivity index (χ0) is 12.7. The summed E-state index contributed by atoms with van der Waals surface area (Å²) in [5.74, 6) is 1.50. The zero-order valence-corrected chi connectivity index (χ0v) is 10.4. The van der Waals surface area contributed by atoms with Crippen LogP contribution in [0.3, 0.4) is 0 Å². The Balaban J connectivity index is 2.92. The van der Waals surface area contributed by atoms with Crippen LogP contribution in [-0.2, 0) is 0 Å². The maximum atomic E-state index is 11.1. The van der Waals surface area contributed by atoms with E-state index < -0.39 is 6.09 Å². The third kappa shape index (κ3) is 3.71. The van der Waals surface area contributed by atoms with Crippen molar-refractivity contribution in [2.24, 2.45) is 0 Å². The van der Waals surface area contributed by atoms with Crippen molar-refractivity contribution >= 4 is 17.7 Å². The molecule has 0 unspecified atom stereocenters. The van der Waals surface area contributed by atoms with E-state index in [0.29, 0.717) is 29.7 Å². The van der Waals surface area contributed by atoms with Gasteiger partial charge in [-0.15, -0.1) is 11.6 Å². The topological polar surface area (TPSA) is 56.8 Å². The van der Waals surface area contributed by atoms with Gasteiger partial charge in [-0.3, -0.25) is 0 Å². The molecule has 0 aliphatic rings. The summed E-state index contributed by atoms with van der Waals surface area (Å²) in [7, 11) is 2.95. The number of hydrogen-bond acceptors (Lipinski definition) is 4. The first kappa shape index (κ1) is 13.4. The van der Waals surface area contributed by atoms with Gasteiger partial charge < -0.3 is 19.5 Å². The van der Waals surface area contributed by atoms with Crippen LogP contribution in [0.2, 0.25) is 0 Å². The molecular weight excluding hydrogens is 246 g/mol. The molecule has 0 aliphatic heterocycles. The first-order chi connectivity index (χ1) is 8.22. The van der Waals surface area contributed by atoms with Gasteiger partial charge in [0.05, 0.1) is 13.0 Å². The summed E-state index contributed by atoms with van der Waals surface area (Å²) < 4.78 is 15.5. The van der Waals surface area contributed by atoms with Crippen molar-refractivity contribution < 1.29 is 19.0 Å². The van der Waals surface area contributed by atoms with E-state index in [1.165, 1.54) is 14.2 Å². The quantitative estimate of drug-likeness (QED) is 0.822. The van der Waals surface area contributed by atoms with Crippen LogP contribution in [0.25, 0.3) is 0 Å². The number of nitrogens with one attached hydrogen (secondary N) is 1. The summed E-state index contributed by atoms with van der Waals surface area (Å²) in [5, 5.41) is 2.35. The van der Waals surface area contributed by atoms with Crippen molar-refractivity contribution in [3.05, 3.63) is 18.2 Å². The SMILES string of the molecule is CNC(=O)Oc1cccc(OCCCl)c1OC. The number of carbonyl (C=O) groups is 1. The van der Waals surface area contributed by atoms with Gasteiger partial charge in [-0.25, -0.2) is 4.79 Å². The van der Waals surface area contributed by atoms with Crippen molar-refractivity contribution in [2.75, 3.05) is 26.6 Å². The molecule has 0 bridgehead atoms. The Kier molecular flexibility index (Phi) is 5.42. The van der Waals surface area contributed by atoms with Crippen LogP contribution in [0.1, 0.15) is 0 Å². The van der Waals surface area contributed by atoms with Crippen LogP contribution in [0.15, 0.2) is 18.2 Å². The van der Waals surface area contributed by atoms with Gasteiger partial charge in [-0.05, 0) is 12.1 Å². The van der Waals surface area contributed by atoms with Crippen molar-refractivity contribution in [3.8, 4) is 17.2 Å². The zero-order valence-electron chi connectivity index (χ0n) is 9.66. The second-order valence-electron chi connectivity index (χ2n) is 2.96. The highest BCUT2D eigenvalue weighted by Crippen LogP contribution is 2.36. The molecule has 0 heterocycles. The lowest BCUT2D eigenvalue weighted by atomic mass is 10.3. The minimum atomic E-state index is -0.571. The van der Waals surface area contributed by atoms with Gasteiger partial charge in [0.1, 0.15) is 6.61 Å². The predicted octanol–water partition coefficient (Wildman–Crippen LogP) is 2.03. The highest BCUT2D eigenvalue weighted by molar-refractivity contribution is 6.18. The average molecular weight is 260 g/mol. The first-order valence-corrected chi connectivity index (χ1v) is 5.51. The summed E-state index contributed by atoms with van der Waals surface area (Å²) in [6.45, 7) is 0.349. The number of carbonyl (C=O) groups excluding carboxylic acids is 1. The number of para-hydroxylation sites is 1. The number of alkyl halides is 1. The Labute approximate surface area is 105 Å². The molecule has 1 aromatic carbocycles. The molecule has 94 valence electrons. The van der Waals surface area contributed by atoms with E-state index in [4.69, 9.17) is 25.8 Å². The van der Waals surface area contributed by atoms with Crippen molar-refractivity contribution in [2.45, 2.75) is 0 Å². The fourth-order valence-electron chi connectivity index (χ4n) is 1.19. The lowest BCUT2D eigenvalue weighted by molar-refractivity contribution is 0.200. The maximum Gasteiger partial charge on any atom is 0.412 e. The van der Waals surface area contributed by atoms with Crippen molar-refractivity contribution in [1.29, 1.82) is 0 Å². The molecular formula is C11H14ClNO4. The van der Waals surface area contributed by atoms with Gasteiger partial charge >= 0.3 is 6.09 Å². The Morgan fingerprint density at radius 3 is 2.71 bits per heavy atom. The van der Waals surface area contributed by atoms with Crippen LogP contribution in [0.5, 0.6) is 17.2 Å². The number of hydrogen-bond donors (Lipinski definition) is 1. The Hall–Kier alpha value is -1.62. The molecule has 0 fully saturated rings. The summed E-state index contributed by atoms with van der Waals surface area (Å²) in [6, 6.07) is 5.02. The Morgan fingerprint density at radius 2 is 2.12 bits per heavy atom. The van der Waals surface area contributed by atoms with E-state index >= 15 is 0 Å². The molecule has 0 saturated heterocycles. The standard InChI is InChI=1S/C11H14ClNO4/c1-13-11(14)17-9-5-3-4-8(10(9)15-2)16-7-6-12/h3-5H,6-7H2,1-2H3,(H,13,14). The lowest BCUT2D eigenvalue weighted by Crippen LogP contribution is -2.22. The van der Waals surface area contributed by atoms with Gasteiger partial charge in [0.2, 0.25) is 5.75 Å². The van der Waals surface area contributed by atoms with Crippen molar-refractivity contribution in [1.82, 2.24) is 5.32 Å². The lowest BCUT2D eigenvalue weighted by Gasteiger charge is -2.13. The normalized spacial score (nSPS) is 9.59. The monoisotopic (exact) mass is 259 g/mol. The number of ether oxygens (including phenoxy) is 3. The summed E-state index contributed by atoms with van der Waals surface area (Å²) in [6.07, 6.45) is -0.571. The van der Waals surface area contributed by atoms with Gasteiger partial charge in [0, 0.05) is 7.05 Å². The van der Waals surface area contributed by atoms with Crippen LogP contribution < -0.4 is 19.5 Å². The molecule has 5 nitrogen and oxygen atoms in total. The summed E-state index contributed by atoms with van der Waals surface area (Å²) in [5.41, 5.74) is 0. The molecule has 0 spiro atoms. The first-order valence-electron chi connectivity index (χ1n) is 4.98. The summed E-state index contributed by atoms with van der Waals surface area (Å²) in [4.78, 5) is 11.1. The highest BCUT2D eigenvalue weighted by Gasteiger charge is 2.13. The second kappa shape index (κ2) is 6.85. The molecule has 0 aromatic heterocycles. The molecule has 6 heteroatoms. The highest BCUT2D eigenvalue weighted by atomic mass is 35.5. The number of benzene rings is 1. The van der Waals surface area contributed by atoms with E-state index in [-0.39, 0.29) is 0 Å². The number of methoxy groups -OCH3 is 1. The van der Waals surface area contributed by atoms with E-state index in [9.17, 15) is 4.79 Å². The molecule has 1 aromatic rings. The maximum absolute atomic E-state index is 11.1. The van der Waals surface area contributed by atoms with Gasteiger partial charge in [-0.1, -0.05) is 6.07 Å². The van der Waals surface area contributed by atoms with Crippen LogP contribution in [0, 0.1) is 0 Å². The fourth-order valence-corrected chi connectivity index (χ4v) is 1.27. The van der Waals surface area contributed by atoms with Crippen molar-refractivity contribution in [3.63, 3.8) is 0 Å². The van der Waals surface area contributed by atoms with Gasteiger partial charge in [-0.2, -0.15) is 0 Å². The molecule has 17 heavy (non-hydrogen) atoms. The van der Waals surface area contributed by atoms with E-state index in [1.807, 2.05) is 0 Å². The van der Waals surface area contributed by atoms with Gasteiger partial charge in [0.25, 0.3) is 0 Å². The molecule has 1 rings (SSSR count). The van der Waals surface area contributed by atoms with Gasteiger partial charge in [0.15, 0.2) is 11.5 Å². The fraction of sp³-hybridized carbons (Fsp3) is 0.364. The largest absolute Gasteiger partial charge is 0.490 e. The Bertz CT molecular complexity index is 384. The third-order valence-electron chi connectivity index (χ3n) is 1.89. The van der Waals surface area contributed by atoms with Crippen LogP contribution in [-0.4, -0.2) is 32.7 Å². The molecule has 1 amide bonds. The molecule has 0 aliphatic carbocycles. The molecule has 0 saturated carbocycles.